The van der Waals surface area contributed by atoms with E-state index in [1.54, 1.807) is 0 Å². The predicted octanol–water partition coefficient (Wildman–Crippen LogP) is 4.23. The Morgan fingerprint density at radius 2 is 1.78 bits per heavy atom. The minimum Gasteiger partial charge on any atom is -0.356 e. The maximum Gasteiger partial charge on any atom is 0.226 e. The fourth-order valence-electron chi connectivity index (χ4n) is 2.27. The SMILES string of the molecule is C1CCCC1.CCCNC(=O)C1C=CC(I)CC1. The number of carbonyl (C=O) groups is 1. The van der Waals surface area contributed by atoms with E-state index in [4.69, 9.17) is 0 Å². The van der Waals surface area contributed by atoms with Crippen LogP contribution in [0.5, 0.6) is 0 Å². The van der Waals surface area contributed by atoms with Gasteiger partial charge in [0.25, 0.3) is 0 Å². The van der Waals surface area contributed by atoms with Gasteiger partial charge in [0.15, 0.2) is 0 Å². The van der Waals surface area contributed by atoms with Crippen molar-refractivity contribution < 1.29 is 4.79 Å². The summed E-state index contributed by atoms with van der Waals surface area (Å²) in [5.41, 5.74) is 0. The summed E-state index contributed by atoms with van der Waals surface area (Å²) < 4.78 is 0.618. The van der Waals surface area contributed by atoms with Crippen LogP contribution in [0.15, 0.2) is 12.2 Å². The summed E-state index contributed by atoms with van der Waals surface area (Å²) in [6.45, 7) is 2.87. The normalized spacial score (nSPS) is 26.3. The van der Waals surface area contributed by atoms with Crippen molar-refractivity contribution in [2.45, 2.75) is 62.2 Å². The summed E-state index contributed by atoms with van der Waals surface area (Å²) in [5, 5.41) is 2.92. The number of hydrogen-bond donors (Lipinski definition) is 1. The second-order valence-electron chi connectivity index (χ2n) is 5.14. The first-order chi connectivity index (χ1) is 8.74. The number of rotatable bonds is 3. The number of allylic oxidation sites excluding steroid dienone is 1. The maximum atomic E-state index is 11.5. The van der Waals surface area contributed by atoms with Crippen LogP contribution in [0.1, 0.15) is 58.3 Å². The van der Waals surface area contributed by atoms with Gasteiger partial charge in [-0.15, -0.1) is 0 Å². The Kier molecular flexibility index (Phi) is 8.72. The summed E-state index contributed by atoms with van der Waals surface area (Å²) in [7, 11) is 0. The highest BCUT2D eigenvalue weighted by molar-refractivity contribution is 14.1. The molecule has 1 saturated carbocycles. The Bertz CT molecular complexity index is 254. The number of hydrogen-bond acceptors (Lipinski definition) is 1. The Morgan fingerprint density at radius 3 is 2.22 bits per heavy atom. The smallest absolute Gasteiger partial charge is 0.226 e. The highest BCUT2D eigenvalue weighted by Crippen LogP contribution is 2.22. The zero-order valence-corrected chi connectivity index (χ0v) is 13.6. The molecule has 2 aliphatic carbocycles. The van der Waals surface area contributed by atoms with Crippen LogP contribution in [0.25, 0.3) is 0 Å². The minimum atomic E-state index is 0.123. The van der Waals surface area contributed by atoms with Crippen LogP contribution in [0.4, 0.5) is 0 Å². The van der Waals surface area contributed by atoms with Gasteiger partial charge in [-0.3, -0.25) is 4.79 Å². The quantitative estimate of drug-likeness (QED) is 0.454. The molecule has 0 heterocycles. The molecule has 2 nitrogen and oxygen atoms in total. The third-order valence-electron chi connectivity index (χ3n) is 3.44. The number of halogens is 1. The minimum absolute atomic E-state index is 0.123. The molecule has 18 heavy (non-hydrogen) atoms. The molecular formula is C15H26INO. The van der Waals surface area contributed by atoms with Gasteiger partial charge in [-0.1, -0.05) is 73.8 Å². The van der Waals surface area contributed by atoms with Gasteiger partial charge in [0.2, 0.25) is 5.91 Å². The molecule has 2 atom stereocenters. The number of carbonyl (C=O) groups excluding carboxylic acids is 1. The van der Waals surface area contributed by atoms with Crippen molar-refractivity contribution in [2.75, 3.05) is 6.54 Å². The Hall–Kier alpha value is -0.0600. The molecule has 1 fully saturated rings. The van der Waals surface area contributed by atoms with Crippen LogP contribution in [-0.2, 0) is 4.79 Å². The van der Waals surface area contributed by atoms with Gasteiger partial charge in [0.05, 0.1) is 5.92 Å². The van der Waals surface area contributed by atoms with Crippen LogP contribution in [0, 0.1) is 5.92 Å². The molecule has 0 radical (unpaired) electrons. The van der Waals surface area contributed by atoms with Gasteiger partial charge >= 0.3 is 0 Å². The summed E-state index contributed by atoms with van der Waals surface area (Å²) in [4.78, 5) is 11.5. The van der Waals surface area contributed by atoms with Crippen molar-refractivity contribution in [1.29, 1.82) is 0 Å². The largest absolute Gasteiger partial charge is 0.356 e. The molecule has 2 unspecified atom stereocenters. The zero-order valence-electron chi connectivity index (χ0n) is 11.5. The lowest BCUT2D eigenvalue weighted by Crippen LogP contribution is -2.31. The van der Waals surface area contributed by atoms with E-state index in [1.165, 1.54) is 32.1 Å². The van der Waals surface area contributed by atoms with Crippen LogP contribution < -0.4 is 5.32 Å². The number of alkyl halides is 1. The third kappa shape index (κ3) is 6.76. The second-order valence-corrected chi connectivity index (χ2v) is 6.74. The van der Waals surface area contributed by atoms with E-state index in [1.807, 2.05) is 6.08 Å². The highest BCUT2D eigenvalue weighted by Gasteiger charge is 2.19. The molecule has 0 spiro atoms. The fraction of sp³-hybridized carbons (Fsp3) is 0.800. The summed E-state index contributed by atoms with van der Waals surface area (Å²) in [5.74, 6) is 0.318. The first-order valence-electron chi connectivity index (χ1n) is 7.34. The van der Waals surface area contributed by atoms with Crippen LogP contribution in [0.2, 0.25) is 0 Å². The van der Waals surface area contributed by atoms with Gasteiger partial charge in [-0.05, 0) is 19.3 Å². The second kappa shape index (κ2) is 9.82. The summed E-state index contributed by atoms with van der Waals surface area (Å²) >= 11 is 2.40. The molecular weight excluding hydrogens is 337 g/mol. The number of nitrogens with one attached hydrogen (secondary N) is 1. The Morgan fingerprint density at radius 1 is 1.17 bits per heavy atom. The van der Waals surface area contributed by atoms with E-state index < -0.39 is 0 Å². The van der Waals surface area contributed by atoms with Crippen molar-refractivity contribution >= 4 is 28.5 Å². The Labute approximate surface area is 125 Å². The fourth-order valence-corrected chi connectivity index (χ4v) is 2.87. The molecule has 1 amide bonds. The van der Waals surface area contributed by atoms with Gasteiger partial charge < -0.3 is 5.32 Å². The van der Waals surface area contributed by atoms with Crippen LogP contribution in [0.3, 0.4) is 0 Å². The molecule has 104 valence electrons. The monoisotopic (exact) mass is 363 g/mol. The van der Waals surface area contributed by atoms with Crippen molar-refractivity contribution in [3.63, 3.8) is 0 Å². The summed E-state index contributed by atoms with van der Waals surface area (Å²) in [6, 6.07) is 0. The molecule has 0 bridgehead atoms. The van der Waals surface area contributed by atoms with Gasteiger partial charge in [-0.25, -0.2) is 0 Å². The first-order valence-corrected chi connectivity index (χ1v) is 8.58. The molecule has 3 heteroatoms. The van der Waals surface area contributed by atoms with Crippen LogP contribution >= 0.6 is 22.6 Å². The van der Waals surface area contributed by atoms with E-state index in [0.29, 0.717) is 3.92 Å². The molecule has 0 aromatic rings. The molecule has 2 aliphatic rings. The molecule has 0 saturated heterocycles. The topological polar surface area (TPSA) is 29.1 Å². The van der Waals surface area contributed by atoms with Gasteiger partial charge in [0.1, 0.15) is 0 Å². The van der Waals surface area contributed by atoms with Gasteiger partial charge in [-0.2, -0.15) is 0 Å². The van der Waals surface area contributed by atoms with Gasteiger partial charge in [0, 0.05) is 10.5 Å². The maximum absolute atomic E-state index is 11.5. The van der Waals surface area contributed by atoms with E-state index in [-0.39, 0.29) is 11.8 Å². The van der Waals surface area contributed by atoms with Crippen molar-refractivity contribution in [1.82, 2.24) is 5.32 Å². The zero-order chi connectivity index (χ0) is 13.2. The molecule has 0 aromatic carbocycles. The Balaban J connectivity index is 0.000000269. The predicted molar refractivity (Wildman–Crippen MR) is 86.1 cm³/mol. The van der Waals surface area contributed by atoms with Crippen molar-refractivity contribution in [2.24, 2.45) is 5.92 Å². The van der Waals surface area contributed by atoms with Crippen molar-refractivity contribution in [3.8, 4) is 0 Å². The van der Waals surface area contributed by atoms with Crippen molar-refractivity contribution in [3.05, 3.63) is 12.2 Å². The lowest BCUT2D eigenvalue weighted by Gasteiger charge is -2.18. The summed E-state index contributed by atoms with van der Waals surface area (Å²) in [6.07, 6.45) is 14.8. The lowest BCUT2D eigenvalue weighted by atomic mass is 9.95. The standard InChI is InChI=1S/C10H16INO.C5H10/c1-2-7-12-10(13)8-3-5-9(11)6-4-8;1-2-4-5-3-1/h3,5,8-9H,2,4,6-7H2,1H3,(H,12,13);1-5H2. The number of amides is 1. The lowest BCUT2D eigenvalue weighted by molar-refractivity contribution is -0.123. The average molecular weight is 363 g/mol. The van der Waals surface area contributed by atoms with E-state index in [9.17, 15) is 4.79 Å². The molecule has 2 rings (SSSR count). The third-order valence-corrected chi connectivity index (χ3v) is 4.48. The molecule has 0 aliphatic heterocycles. The van der Waals surface area contributed by atoms with E-state index in [0.717, 1.165) is 25.8 Å². The van der Waals surface area contributed by atoms with Crippen LogP contribution in [-0.4, -0.2) is 16.4 Å². The van der Waals surface area contributed by atoms with E-state index >= 15 is 0 Å². The molecule has 0 aromatic heterocycles. The van der Waals surface area contributed by atoms with E-state index in [2.05, 4.69) is 40.9 Å². The average Bonchev–Trinajstić information content (AvgIpc) is 2.96. The molecule has 1 N–H and O–H groups in total. The first kappa shape index (κ1) is 16.0. The highest BCUT2D eigenvalue weighted by atomic mass is 127.